The largest absolute Gasteiger partial charge is 0.383 e. The van der Waals surface area contributed by atoms with Gasteiger partial charge < -0.3 is 20.6 Å². The summed E-state index contributed by atoms with van der Waals surface area (Å²) >= 11 is 0. The first kappa shape index (κ1) is 25.2. The highest BCUT2D eigenvalue weighted by Gasteiger charge is 2.24. The number of unbranched alkanes of at least 4 members (excludes halogenated alkanes) is 1. The van der Waals surface area contributed by atoms with Gasteiger partial charge in [0.15, 0.2) is 5.96 Å². The van der Waals surface area contributed by atoms with E-state index in [9.17, 15) is 5.11 Å². The highest BCUT2D eigenvalue weighted by atomic mass is 127. The molecule has 1 aromatic heterocycles. The maximum absolute atomic E-state index is 10.7. The number of aryl methyl sites for hydroxylation is 1. The van der Waals surface area contributed by atoms with Crippen molar-refractivity contribution in [3.8, 4) is 0 Å². The zero-order valence-corrected chi connectivity index (χ0v) is 20.3. The number of rotatable bonds is 9. The Morgan fingerprint density at radius 1 is 1.32 bits per heavy atom. The Bertz CT molecular complexity index is 581. The average molecular weight is 506 g/mol. The van der Waals surface area contributed by atoms with Gasteiger partial charge in [0, 0.05) is 31.9 Å². The second-order valence-corrected chi connectivity index (χ2v) is 8.03. The van der Waals surface area contributed by atoms with Crippen LogP contribution in [0.25, 0.3) is 0 Å². The molecular formula is C20H39IN6O. The van der Waals surface area contributed by atoms with Gasteiger partial charge in [-0.05, 0) is 65.1 Å². The number of nitrogens with zero attached hydrogens (tertiary/aromatic N) is 4. The average Bonchev–Trinajstić information content (AvgIpc) is 3.08. The number of likely N-dealkylation sites (tertiary alicyclic amines) is 1. The molecule has 1 aromatic rings. The second-order valence-electron chi connectivity index (χ2n) is 8.03. The summed E-state index contributed by atoms with van der Waals surface area (Å²) in [7, 11) is 1.85. The molecule has 0 bridgehead atoms. The summed E-state index contributed by atoms with van der Waals surface area (Å²) in [6.07, 6.45) is 8.52. The minimum absolute atomic E-state index is 0. The van der Waals surface area contributed by atoms with Gasteiger partial charge >= 0.3 is 0 Å². The van der Waals surface area contributed by atoms with Gasteiger partial charge in [-0.1, -0.05) is 6.92 Å². The highest BCUT2D eigenvalue weighted by Crippen LogP contribution is 2.20. The van der Waals surface area contributed by atoms with Crippen molar-refractivity contribution in [1.29, 1.82) is 0 Å². The molecule has 8 heteroatoms. The summed E-state index contributed by atoms with van der Waals surface area (Å²) in [5.41, 5.74) is -0.248. The first-order chi connectivity index (χ1) is 12.9. The predicted octanol–water partition coefficient (Wildman–Crippen LogP) is 2.31. The van der Waals surface area contributed by atoms with Crippen molar-refractivity contribution < 1.29 is 5.11 Å². The predicted molar refractivity (Wildman–Crippen MR) is 126 cm³/mol. The number of halogens is 1. The Hall–Kier alpha value is -0.870. The topological polar surface area (TPSA) is 77.7 Å². The summed E-state index contributed by atoms with van der Waals surface area (Å²) in [5, 5.41) is 21.4. The first-order valence-electron chi connectivity index (χ1n) is 10.4. The van der Waals surface area contributed by atoms with Gasteiger partial charge in [-0.25, -0.2) is 4.99 Å². The summed E-state index contributed by atoms with van der Waals surface area (Å²) in [6.45, 7) is 11.9. The molecule has 1 fully saturated rings. The molecule has 3 N–H and O–H groups in total. The molecule has 0 saturated carbocycles. The van der Waals surface area contributed by atoms with Crippen LogP contribution in [0, 0.1) is 5.92 Å². The van der Waals surface area contributed by atoms with Crippen LogP contribution in [0.1, 0.15) is 52.0 Å². The fourth-order valence-corrected chi connectivity index (χ4v) is 3.32. The van der Waals surface area contributed by atoms with Crippen LogP contribution in [0.15, 0.2) is 17.4 Å². The van der Waals surface area contributed by atoms with Crippen LogP contribution in [-0.2, 0) is 12.6 Å². The van der Waals surface area contributed by atoms with Gasteiger partial charge in [-0.3, -0.25) is 4.68 Å². The summed E-state index contributed by atoms with van der Waals surface area (Å²) in [5.74, 6) is 1.65. The Morgan fingerprint density at radius 2 is 2.04 bits per heavy atom. The van der Waals surface area contributed by atoms with Crippen LogP contribution in [0.4, 0.5) is 0 Å². The van der Waals surface area contributed by atoms with Gasteiger partial charge in [0.25, 0.3) is 0 Å². The fourth-order valence-electron chi connectivity index (χ4n) is 3.32. The van der Waals surface area contributed by atoms with Crippen molar-refractivity contribution in [3.05, 3.63) is 18.0 Å². The Balaban J connectivity index is 0.00000392. The van der Waals surface area contributed by atoms with Gasteiger partial charge in [0.05, 0.1) is 12.7 Å². The van der Waals surface area contributed by atoms with Crippen LogP contribution < -0.4 is 10.6 Å². The SMILES string of the molecule is CCNC(=NCC(C)(O)c1cnn(C)c1)NCCCCN1CCC(C)CC1.I. The maximum atomic E-state index is 10.7. The number of piperidine rings is 1. The minimum Gasteiger partial charge on any atom is -0.383 e. The molecule has 1 saturated heterocycles. The quantitative estimate of drug-likeness (QED) is 0.208. The van der Waals surface area contributed by atoms with Crippen molar-refractivity contribution in [2.45, 2.75) is 52.1 Å². The van der Waals surface area contributed by atoms with E-state index in [4.69, 9.17) is 0 Å². The van der Waals surface area contributed by atoms with Crippen molar-refractivity contribution in [2.24, 2.45) is 18.0 Å². The van der Waals surface area contributed by atoms with E-state index in [1.54, 1.807) is 17.8 Å². The van der Waals surface area contributed by atoms with Crippen LogP contribution in [-0.4, -0.2) is 65.0 Å². The summed E-state index contributed by atoms with van der Waals surface area (Å²) < 4.78 is 1.69. The second kappa shape index (κ2) is 12.6. The standard InChI is InChI=1S/C20H38N6O.HI/c1-5-21-19(23-16-20(3,27)18-14-24-25(4)15-18)22-10-6-7-11-26-12-8-17(2)9-13-26;/h14-15,17,27H,5-13,16H2,1-4H3,(H2,21,22,23);1H. The lowest BCUT2D eigenvalue weighted by atomic mass is 9.99. The summed E-state index contributed by atoms with van der Waals surface area (Å²) in [6, 6.07) is 0. The van der Waals surface area contributed by atoms with Crippen LogP contribution in [0.5, 0.6) is 0 Å². The minimum atomic E-state index is -1.03. The molecular weight excluding hydrogens is 467 g/mol. The number of aliphatic hydroxyl groups is 1. The van der Waals surface area contributed by atoms with E-state index >= 15 is 0 Å². The molecule has 1 aliphatic rings. The number of nitrogens with one attached hydrogen (secondary N) is 2. The molecule has 2 heterocycles. The molecule has 0 aromatic carbocycles. The Morgan fingerprint density at radius 3 is 2.64 bits per heavy atom. The van der Waals surface area contributed by atoms with E-state index in [2.05, 4.69) is 32.5 Å². The lowest BCUT2D eigenvalue weighted by Crippen LogP contribution is -2.39. The number of guanidine groups is 1. The fraction of sp³-hybridized carbons (Fsp3) is 0.800. The zero-order chi connectivity index (χ0) is 19.7. The van der Waals surface area contributed by atoms with E-state index in [0.29, 0.717) is 6.54 Å². The van der Waals surface area contributed by atoms with Crippen molar-refractivity contribution in [1.82, 2.24) is 25.3 Å². The van der Waals surface area contributed by atoms with E-state index in [0.717, 1.165) is 37.0 Å². The third-order valence-corrected chi connectivity index (χ3v) is 5.29. The van der Waals surface area contributed by atoms with E-state index < -0.39 is 5.60 Å². The molecule has 0 spiro atoms. The maximum Gasteiger partial charge on any atom is 0.191 e. The normalized spacial score (nSPS) is 18.4. The van der Waals surface area contributed by atoms with Gasteiger partial charge in [0.1, 0.15) is 5.60 Å². The molecule has 0 aliphatic carbocycles. The van der Waals surface area contributed by atoms with Gasteiger partial charge in [-0.15, -0.1) is 24.0 Å². The Labute approximate surface area is 187 Å². The van der Waals surface area contributed by atoms with Crippen LogP contribution in [0.2, 0.25) is 0 Å². The molecule has 1 atom stereocenters. The zero-order valence-electron chi connectivity index (χ0n) is 17.9. The van der Waals surface area contributed by atoms with Gasteiger partial charge in [-0.2, -0.15) is 5.10 Å². The van der Waals surface area contributed by atoms with Crippen molar-refractivity contribution in [2.75, 3.05) is 39.3 Å². The Kier molecular flexibility index (Phi) is 11.4. The highest BCUT2D eigenvalue weighted by molar-refractivity contribution is 14.0. The first-order valence-corrected chi connectivity index (χ1v) is 10.4. The number of aromatic nitrogens is 2. The third-order valence-electron chi connectivity index (χ3n) is 5.29. The van der Waals surface area contributed by atoms with E-state index in [-0.39, 0.29) is 24.0 Å². The number of hydrogen-bond donors (Lipinski definition) is 3. The van der Waals surface area contributed by atoms with Gasteiger partial charge in [0.2, 0.25) is 0 Å². The third kappa shape index (κ3) is 8.65. The molecule has 1 unspecified atom stereocenters. The number of hydrogen-bond acceptors (Lipinski definition) is 4. The lowest BCUT2D eigenvalue weighted by Gasteiger charge is -2.30. The molecule has 162 valence electrons. The van der Waals surface area contributed by atoms with Crippen molar-refractivity contribution in [3.63, 3.8) is 0 Å². The molecule has 28 heavy (non-hydrogen) atoms. The summed E-state index contributed by atoms with van der Waals surface area (Å²) in [4.78, 5) is 7.15. The van der Waals surface area contributed by atoms with Crippen LogP contribution >= 0.6 is 24.0 Å². The molecule has 0 amide bonds. The molecule has 1 aliphatic heterocycles. The molecule has 7 nitrogen and oxygen atoms in total. The van der Waals surface area contributed by atoms with E-state index in [1.165, 1.54) is 38.9 Å². The molecule has 0 radical (unpaired) electrons. The monoisotopic (exact) mass is 506 g/mol. The van der Waals surface area contributed by atoms with Crippen LogP contribution in [0.3, 0.4) is 0 Å². The number of aliphatic imine (C=N–C) groups is 1. The van der Waals surface area contributed by atoms with E-state index in [1.807, 2.05) is 20.2 Å². The smallest absolute Gasteiger partial charge is 0.191 e. The molecule has 2 rings (SSSR count). The lowest BCUT2D eigenvalue weighted by molar-refractivity contribution is 0.0672. The van der Waals surface area contributed by atoms with Crippen molar-refractivity contribution >= 4 is 29.9 Å².